The first-order chi connectivity index (χ1) is 16.7. The Labute approximate surface area is 200 Å². The maximum absolute atomic E-state index is 9.49. The Bertz CT molecular complexity index is 1050. The van der Waals surface area contributed by atoms with Crippen molar-refractivity contribution in [3.63, 3.8) is 0 Å². The van der Waals surface area contributed by atoms with Crippen LogP contribution in [-0.2, 0) is 0 Å². The van der Waals surface area contributed by atoms with Crippen LogP contribution < -0.4 is 9.80 Å². The second-order valence-electron chi connectivity index (χ2n) is 9.34. The molecule has 1 atom stereocenters. The zero-order valence-corrected chi connectivity index (χ0v) is 20.1. The first kappa shape index (κ1) is 22.7. The summed E-state index contributed by atoms with van der Waals surface area (Å²) in [5, 5.41) is 17.1. The van der Waals surface area contributed by atoms with Gasteiger partial charge in [-0.25, -0.2) is 9.97 Å². The van der Waals surface area contributed by atoms with Gasteiger partial charge in [0.15, 0.2) is 11.6 Å². The SMILES string of the molecule is Cc1n[nH]c(C)c1C(c1ccccn1)N1CCN(c2nccnc2N2CCC(CO)CC2)CC1. The molecule has 2 aliphatic rings. The Hall–Kier alpha value is -3.04. The Morgan fingerprint density at radius 1 is 0.912 bits per heavy atom. The number of piperazine rings is 1. The summed E-state index contributed by atoms with van der Waals surface area (Å²) in [6, 6.07) is 6.20. The molecule has 0 aromatic carbocycles. The summed E-state index contributed by atoms with van der Waals surface area (Å²) >= 11 is 0. The third kappa shape index (κ3) is 4.50. The van der Waals surface area contributed by atoms with Crippen LogP contribution in [0.2, 0.25) is 0 Å². The van der Waals surface area contributed by atoms with Gasteiger partial charge in [0.25, 0.3) is 0 Å². The van der Waals surface area contributed by atoms with Crippen molar-refractivity contribution in [1.82, 2.24) is 30.0 Å². The number of rotatable bonds is 6. The van der Waals surface area contributed by atoms with Gasteiger partial charge in [-0.2, -0.15) is 5.10 Å². The molecule has 5 heterocycles. The number of hydrogen-bond acceptors (Lipinski definition) is 8. The van der Waals surface area contributed by atoms with E-state index in [2.05, 4.69) is 50.9 Å². The van der Waals surface area contributed by atoms with Crippen LogP contribution in [0.3, 0.4) is 0 Å². The minimum atomic E-state index is 0.0703. The summed E-state index contributed by atoms with van der Waals surface area (Å²) in [5.41, 5.74) is 4.39. The fourth-order valence-corrected chi connectivity index (χ4v) is 5.31. The molecule has 3 aromatic heterocycles. The molecule has 2 aliphatic heterocycles. The zero-order valence-electron chi connectivity index (χ0n) is 20.1. The van der Waals surface area contributed by atoms with Crippen molar-refractivity contribution in [2.24, 2.45) is 5.92 Å². The fraction of sp³-hybridized carbons (Fsp3) is 0.520. The Morgan fingerprint density at radius 2 is 1.59 bits per heavy atom. The third-order valence-corrected chi connectivity index (χ3v) is 7.24. The summed E-state index contributed by atoms with van der Waals surface area (Å²) in [7, 11) is 0. The molecule has 9 nitrogen and oxygen atoms in total. The van der Waals surface area contributed by atoms with Gasteiger partial charge in [-0.3, -0.25) is 15.0 Å². The standard InChI is InChI=1S/C25H34N8O/c1-18-22(19(2)30-29-18)23(21-5-3-4-8-26-21)31-13-15-33(16-14-31)25-24(27-9-10-28-25)32-11-6-20(17-34)7-12-32/h3-5,8-10,20,23,34H,6-7,11-17H2,1-2H3,(H,29,30). The van der Waals surface area contributed by atoms with E-state index in [-0.39, 0.29) is 12.6 Å². The minimum Gasteiger partial charge on any atom is -0.396 e. The second kappa shape index (κ2) is 10.1. The van der Waals surface area contributed by atoms with Gasteiger partial charge in [0.1, 0.15) is 0 Å². The fourth-order valence-electron chi connectivity index (χ4n) is 5.31. The van der Waals surface area contributed by atoms with E-state index in [1.165, 1.54) is 5.56 Å². The summed E-state index contributed by atoms with van der Waals surface area (Å²) in [6.45, 7) is 9.80. The van der Waals surface area contributed by atoms with E-state index in [4.69, 9.17) is 15.0 Å². The molecule has 3 aromatic rings. The Morgan fingerprint density at radius 3 is 2.15 bits per heavy atom. The van der Waals surface area contributed by atoms with Crippen molar-refractivity contribution < 1.29 is 5.11 Å². The molecule has 0 spiro atoms. The predicted octanol–water partition coefficient (Wildman–Crippen LogP) is 2.33. The third-order valence-electron chi connectivity index (χ3n) is 7.24. The van der Waals surface area contributed by atoms with Crippen molar-refractivity contribution in [2.45, 2.75) is 32.7 Å². The van der Waals surface area contributed by atoms with Crippen LogP contribution in [-0.4, -0.2) is 81.0 Å². The summed E-state index contributed by atoms with van der Waals surface area (Å²) in [6.07, 6.45) is 7.44. The summed E-state index contributed by atoms with van der Waals surface area (Å²) < 4.78 is 0. The number of pyridine rings is 1. The highest BCUT2D eigenvalue weighted by Crippen LogP contribution is 2.34. The molecular formula is C25H34N8O. The lowest BCUT2D eigenvalue weighted by Crippen LogP contribution is -2.49. The molecular weight excluding hydrogens is 428 g/mol. The highest BCUT2D eigenvalue weighted by atomic mass is 16.3. The van der Waals surface area contributed by atoms with E-state index in [0.717, 1.165) is 80.8 Å². The van der Waals surface area contributed by atoms with Crippen molar-refractivity contribution in [1.29, 1.82) is 0 Å². The van der Waals surface area contributed by atoms with Crippen LogP contribution in [0.5, 0.6) is 0 Å². The summed E-state index contributed by atoms with van der Waals surface area (Å²) in [5.74, 6) is 2.34. The van der Waals surface area contributed by atoms with Gasteiger partial charge in [0.05, 0.1) is 17.4 Å². The molecule has 0 amide bonds. The summed E-state index contributed by atoms with van der Waals surface area (Å²) in [4.78, 5) is 21.4. The lowest BCUT2D eigenvalue weighted by atomic mass is 9.98. The largest absolute Gasteiger partial charge is 0.396 e. The van der Waals surface area contributed by atoms with Gasteiger partial charge in [0.2, 0.25) is 0 Å². The second-order valence-corrected chi connectivity index (χ2v) is 9.34. The lowest BCUT2D eigenvalue weighted by Gasteiger charge is -2.41. The van der Waals surface area contributed by atoms with Crippen LogP contribution in [0.25, 0.3) is 0 Å². The Balaban J connectivity index is 1.35. The molecule has 34 heavy (non-hydrogen) atoms. The molecule has 180 valence electrons. The average molecular weight is 463 g/mol. The smallest absolute Gasteiger partial charge is 0.172 e. The van der Waals surface area contributed by atoms with Gasteiger partial charge in [-0.1, -0.05) is 6.07 Å². The van der Waals surface area contributed by atoms with Gasteiger partial charge in [-0.15, -0.1) is 0 Å². The van der Waals surface area contributed by atoms with Gasteiger partial charge in [-0.05, 0) is 44.7 Å². The highest BCUT2D eigenvalue weighted by molar-refractivity contribution is 5.62. The van der Waals surface area contributed by atoms with E-state index in [1.807, 2.05) is 12.3 Å². The number of hydrogen-bond donors (Lipinski definition) is 2. The topological polar surface area (TPSA) is 97.3 Å². The van der Waals surface area contributed by atoms with Crippen molar-refractivity contribution >= 4 is 11.6 Å². The van der Waals surface area contributed by atoms with E-state index in [0.29, 0.717) is 5.92 Å². The van der Waals surface area contributed by atoms with E-state index >= 15 is 0 Å². The molecule has 1 unspecified atom stereocenters. The Kier molecular flexibility index (Phi) is 6.73. The van der Waals surface area contributed by atoms with Crippen molar-refractivity contribution in [2.75, 3.05) is 55.7 Å². The molecule has 0 saturated carbocycles. The van der Waals surface area contributed by atoms with Crippen molar-refractivity contribution in [3.8, 4) is 0 Å². The molecule has 2 saturated heterocycles. The monoisotopic (exact) mass is 462 g/mol. The number of anilines is 2. The van der Waals surface area contributed by atoms with Crippen LogP contribution in [0.4, 0.5) is 11.6 Å². The number of nitrogens with one attached hydrogen (secondary N) is 1. The zero-order chi connectivity index (χ0) is 23.5. The van der Waals surface area contributed by atoms with Crippen LogP contribution in [0, 0.1) is 19.8 Å². The molecule has 2 fully saturated rings. The van der Waals surface area contributed by atoms with E-state index in [9.17, 15) is 5.11 Å². The molecule has 2 N–H and O–H groups in total. The number of nitrogens with zero attached hydrogens (tertiary/aromatic N) is 7. The van der Waals surface area contributed by atoms with Gasteiger partial charge in [0, 0.05) is 75.7 Å². The van der Waals surface area contributed by atoms with E-state index in [1.54, 1.807) is 12.4 Å². The number of aryl methyl sites for hydroxylation is 2. The quantitative estimate of drug-likeness (QED) is 0.576. The first-order valence-corrected chi connectivity index (χ1v) is 12.2. The van der Waals surface area contributed by atoms with Gasteiger partial charge >= 0.3 is 0 Å². The van der Waals surface area contributed by atoms with Crippen LogP contribution in [0.1, 0.15) is 41.5 Å². The van der Waals surface area contributed by atoms with Crippen LogP contribution >= 0.6 is 0 Å². The molecule has 0 radical (unpaired) electrons. The number of piperidine rings is 1. The highest BCUT2D eigenvalue weighted by Gasteiger charge is 2.32. The molecule has 9 heteroatoms. The average Bonchev–Trinajstić information content (AvgIpc) is 3.23. The maximum Gasteiger partial charge on any atom is 0.172 e. The number of aromatic nitrogens is 5. The number of H-pyrrole nitrogens is 1. The molecule has 5 rings (SSSR count). The van der Waals surface area contributed by atoms with Crippen molar-refractivity contribution in [3.05, 3.63) is 59.4 Å². The normalized spacial score (nSPS) is 18.9. The number of aliphatic hydroxyl groups is 1. The van der Waals surface area contributed by atoms with E-state index < -0.39 is 0 Å². The van der Waals surface area contributed by atoms with Crippen LogP contribution in [0.15, 0.2) is 36.8 Å². The first-order valence-electron chi connectivity index (χ1n) is 12.2. The molecule has 0 bridgehead atoms. The minimum absolute atomic E-state index is 0.0703. The number of aromatic amines is 1. The lowest BCUT2D eigenvalue weighted by molar-refractivity contribution is 0.202. The number of aliphatic hydroxyl groups excluding tert-OH is 1. The van der Waals surface area contributed by atoms with Gasteiger partial charge < -0.3 is 14.9 Å². The maximum atomic E-state index is 9.49. The predicted molar refractivity (Wildman–Crippen MR) is 132 cm³/mol. The molecule has 0 aliphatic carbocycles.